The Hall–Kier alpha value is -4.45. The van der Waals surface area contributed by atoms with E-state index in [1.165, 1.54) is 0 Å². The van der Waals surface area contributed by atoms with E-state index in [1.807, 2.05) is 30.3 Å². The van der Waals surface area contributed by atoms with Gasteiger partial charge >= 0.3 is 0 Å². The standard InChI is InChI=1S/C28H38N8O4/c29-16-8-7-14-21(26(39)35-23-18-36(27(23)40)20-12-5-2-6-13-20)34-25(38)22(15-9-17-32-28(30)31)33-24(37)19-10-3-1-4-11-19/h1-6,10-13,21-23H,7-9,14-18,29H2,(H,33,37)(H,34,38)(H,35,39)(H4,30,31,32). The van der Waals surface area contributed by atoms with Crippen LogP contribution in [0.15, 0.2) is 65.7 Å². The molecule has 0 aromatic heterocycles. The van der Waals surface area contributed by atoms with E-state index in [-0.39, 0.29) is 24.8 Å². The Kier molecular flexibility index (Phi) is 11.5. The maximum absolute atomic E-state index is 13.4. The number of nitrogens with one attached hydrogen (secondary N) is 3. The molecule has 4 amide bonds. The first-order valence-corrected chi connectivity index (χ1v) is 13.4. The van der Waals surface area contributed by atoms with Crippen molar-refractivity contribution < 1.29 is 19.2 Å². The number of unbranched alkanes of at least 4 members (excludes halogenated alkanes) is 1. The number of nitrogens with two attached hydrogens (primary N) is 3. The lowest BCUT2D eigenvalue weighted by Crippen LogP contribution is -2.66. The largest absolute Gasteiger partial charge is 0.370 e. The number of hydrogen-bond donors (Lipinski definition) is 6. The van der Waals surface area contributed by atoms with Crippen LogP contribution < -0.4 is 38.1 Å². The lowest BCUT2D eigenvalue weighted by atomic mass is 10.0. The highest BCUT2D eigenvalue weighted by Crippen LogP contribution is 2.21. The summed E-state index contributed by atoms with van der Waals surface area (Å²) in [6, 6.07) is 15.2. The lowest BCUT2D eigenvalue weighted by Gasteiger charge is -2.39. The van der Waals surface area contributed by atoms with Crippen LogP contribution in [0.25, 0.3) is 0 Å². The normalized spacial score (nSPS) is 15.8. The number of para-hydroxylation sites is 1. The van der Waals surface area contributed by atoms with E-state index < -0.39 is 35.8 Å². The second-order valence-corrected chi connectivity index (χ2v) is 9.53. The van der Waals surface area contributed by atoms with Crippen LogP contribution in [-0.4, -0.2) is 67.3 Å². The first kappa shape index (κ1) is 30.1. The van der Waals surface area contributed by atoms with Gasteiger partial charge in [0.1, 0.15) is 18.1 Å². The summed E-state index contributed by atoms with van der Waals surface area (Å²) < 4.78 is 0. The van der Waals surface area contributed by atoms with Crippen molar-refractivity contribution in [3.05, 3.63) is 66.2 Å². The van der Waals surface area contributed by atoms with Gasteiger partial charge in [0.25, 0.3) is 11.8 Å². The van der Waals surface area contributed by atoms with Gasteiger partial charge in [-0.1, -0.05) is 36.4 Å². The molecule has 12 heteroatoms. The van der Waals surface area contributed by atoms with E-state index in [0.29, 0.717) is 44.3 Å². The Morgan fingerprint density at radius 2 is 1.50 bits per heavy atom. The summed E-state index contributed by atoms with van der Waals surface area (Å²) >= 11 is 0. The minimum Gasteiger partial charge on any atom is -0.370 e. The molecule has 2 aromatic carbocycles. The molecule has 3 atom stereocenters. The third-order valence-corrected chi connectivity index (χ3v) is 6.50. The van der Waals surface area contributed by atoms with Crippen molar-refractivity contribution in [2.75, 3.05) is 24.5 Å². The van der Waals surface area contributed by atoms with Crippen LogP contribution in [0.4, 0.5) is 5.69 Å². The van der Waals surface area contributed by atoms with Crippen LogP contribution in [0, 0.1) is 0 Å². The molecule has 12 nitrogen and oxygen atoms in total. The first-order chi connectivity index (χ1) is 19.3. The van der Waals surface area contributed by atoms with Crippen molar-refractivity contribution in [2.24, 2.45) is 22.2 Å². The Bertz CT molecular complexity index is 1170. The van der Waals surface area contributed by atoms with Gasteiger partial charge in [-0.05, 0) is 62.9 Å². The monoisotopic (exact) mass is 550 g/mol. The minimum absolute atomic E-state index is 0.0673. The van der Waals surface area contributed by atoms with E-state index in [2.05, 4.69) is 20.9 Å². The van der Waals surface area contributed by atoms with Crippen molar-refractivity contribution in [1.82, 2.24) is 16.0 Å². The fourth-order valence-corrected chi connectivity index (χ4v) is 4.28. The van der Waals surface area contributed by atoms with Gasteiger partial charge in [0.2, 0.25) is 11.8 Å². The fourth-order valence-electron chi connectivity index (χ4n) is 4.28. The zero-order chi connectivity index (χ0) is 28.9. The van der Waals surface area contributed by atoms with Crippen molar-refractivity contribution in [3.8, 4) is 0 Å². The second kappa shape index (κ2) is 15.2. The average molecular weight is 551 g/mol. The molecule has 1 aliphatic rings. The number of β-lactam (4-membered cyclic amide) rings is 1. The van der Waals surface area contributed by atoms with Gasteiger partial charge < -0.3 is 38.1 Å². The zero-order valence-corrected chi connectivity index (χ0v) is 22.4. The smallest absolute Gasteiger partial charge is 0.251 e. The Morgan fingerprint density at radius 3 is 2.12 bits per heavy atom. The third kappa shape index (κ3) is 8.80. The number of carbonyl (C=O) groups excluding carboxylic acids is 4. The van der Waals surface area contributed by atoms with Gasteiger partial charge in [-0.3, -0.25) is 24.2 Å². The summed E-state index contributed by atoms with van der Waals surface area (Å²) in [5, 5.41) is 8.29. The van der Waals surface area contributed by atoms with Crippen molar-refractivity contribution in [2.45, 2.75) is 50.2 Å². The van der Waals surface area contributed by atoms with Crippen LogP contribution >= 0.6 is 0 Å². The van der Waals surface area contributed by atoms with Gasteiger partial charge in [-0.2, -0.15) is 0 Å². The minimum atomic E-state index is -0.939. The molecule has 3 rings (SSSR count). The second-order valence-electron chi connectivity index (χ2n) is 9.53. The lowest BCUT2D eigenvalue weighted by molar-refractivity contribution is -0.133. The molecule has 1 saturated heterocycles. The number of anilines is 1. The SMILES string of the molecule is NCCCCC(NC(=O)C(CCCN=C(N)N)NC(=O)c1ccccc1)C(=O)NC1CN(c2ccccc2)C1=O. The molecule has 2 aromatic rings. The van der Waals surface area contributed by atoms with E-state index in [0.717, 1.165) is 5.69 Å². The van der Waals surface area contributed by atoms with Crippen LogP contribution in [0.2, 0.25) is 0 Å². The summed E-state index contributed by atoms with van der Waals surface area (Å²) in [4.78, 5) is 57.6. The number of rotatable bonds is 15. The average Bonchev–Trinajstić information content (AvgIpc) is 2.96. The molecule has 40 heavy (non-hydrogen) atoms. The number of carbonyl (C=O) groups is 4. The molecule has 0 saturated carbocycles. The predicted octanol–water partition coefficient (Wildman–Crippen LogP) is -0.0160. The summed E-state index contributed by atoms with van der Waals surface area (Å²) in [5.41, 5.74) is 17.6. The maximum Gasteiger partial charge on any atom is 0.251 e. The van der Waals surface area contributed by atoms with Gasteiger partial charge in [0, 0.05) is 17.8 Å². The van der Waals surface area contributed by atoms with Crippen LogP contribution in [0.5, 0.6) is 0 Å². The Labute approximate surface area is 233 Å². The summed E-state index contributed by atoms with van der Waals surface area (Å²) in [7, 11) is 0. The van der Waals surface area contributed by atoms with Crippen molar-refractivity contribution in [3.63, 3.8) is 0 Å². The number of amides is 4. The van der Waals surface area contributed by atoms with Crippen molar-refractivity contribution in [1.29, 1.82) is 0 Å². The van der Waals surface area contributed by atoms with Crippen LogP contribution in [0.3, 0.4) is 0 Å². The molecular weight excluding hydrogens is 512 g/mol. The van der Waals surface area contributed by atoms with Gasteiger partial charge in [0.05, 0.1) is 6.54 Å². The summed E-state index contributed by atoms with van der Waals surface area (Å²) in [6.07, 6.45) is 2.24. The Morgan fingerprint density at radius 1 is 0.875 bits per heavy atom. The predicted molar refractivity (Wildman–Crippen MR) is 153 cm³/mol. The van der Waals surface area contributed by atoms with Gasteiger partial charge in [-0.15, -0.1) is 0 Å². The molecule has 214 valence electrons. The maximum atomic E-state index is 13.4. The molecule has 1 aliphatic heterocycles. The molecule has 1 fully saturated rings. The number of guanidine groups is 1. The number of nitrogens with zero attached hydrogens (tertiary/aromatic N) is 2. The molecule has 3 unspecified atom stereocenters. The van der Waals surface area contributed by atoms with Crippen LogP contribution in [0.1, 0.15) is 42.5 Å². The topological polar surface area (TPSA) is 198 Å². The quantitative estimate of drug-likeness (QED) is 0.0775. The highest BCUT2D eigenvalue weighted by Gasteiger charge is 2.40. The van der Waals surface area contributed by atoms with Gasteiger partial charge in [0.15, 0.2) is 5.96 Å². The molecule has 0 radical (unpaired) electrons. The summed E-state index contributed by atoms with van der Waals surface area (Å²) in [5.74, 6) is -1.70. The summed E-state index contributed by atoms with van der Waals surface area (Å²) in [6.45, 7) is 1.05. The Balaban J connectivity index is 1.66. The number of aliphatic imine (C=N–C) groups is 1. The molecular formula is C28H38N8O4. The fraction of sp³-hybridized carbons (Fsp3) is 0.393. The highest BCUT2D eigenvalue weighted by atomic mass is 16.2. The van der Waals surface area contributed by atoms with E-state index in [4.69, 9.17) is 17.2 Å². The van der Waals surface area contributed by atoms with Gasteiger partial charge in [-0.25, -0.2) is 0 Å². The first-order valence-electron chi connectivity index (χ1n) is 13.4. The van der Waals surface area contributed by atoms with E-state index in [9.17, 15) is 19.2 Å². The number of hydrogen-bond acceptors (Lipinski definition) is 6. The van der Waals surface area contributed by atoms with Crippen LogP contribution in [-0.2, 0) is 14.4 Å². The molecule has 9 N–H and O–H groups in total. The number of benzene rings is 2. The van der Waals surface area contributed by atoms with E-state index >= 15 is 0 Å². The molecule has 1 heterocycles. The van der Waals surface area contributed by atoms with Crippen molar-refractivity contribution >= 4 is 35.3 Å². The third-order valence-electron chi connectivity index (χ3n) is 6.50. The molecule has 0 aliphatic carbocycles. The molecule has 0 bridgehead atoms. The molecule has 0 spiro atoms. The van der Waals surface area contributed by atoms with E-state index in [1.54, 1.807) is 35.2 Å². The highest BCUT2D eigenvalue weighted by molar-refractivity contribution is 6.06. The zero-order valence-electron chi connectivity index (χ0n) is 22.4.